The molecule has 0 spiro atoms. The van der Waals surface area contributed by atoms with E-state index in [4.69, 9.17) is 4.74 Å². The Kier molecular flexibility index (Phi) is 7.31. The van der Waals surface area contributed by atoms with Crippen molar-refractivity contribution in [3.05, 3.63) is 65.2 Å². The topological polar surface area (TPSA) is 15.7 Å². The predicted octanol–water partition coefficient (Wildman–Crippen LogP) is 4.40. The van der Waals surface area contributed by atoms with Gasteiger partial charge in [-0.2, -0.15) is 0 Å². The molecule has 3 rings (SSSR count). The van der Waals surface area contributed by atoms with E-state index in [9.17, 15) is 0 Å². The van der Waals surface area contributed by atoms with Crippen LogP contribution in [0.2, 0.25) is 0 Å². The first-order valence-electron chi connectivity index (χ1n) is 10.4. The zero-order chi connectivity index (χ0) is 19.1. The number of rotatable bonds is 8. The van der Waals surface area contributed by atoms with Crippen molar-refractivity contribution in [1.29, 1.82) is 0 Å². The number of hydrogen-bond donors (Lipinski definition) is 0. The van der Waals surface area contributed by atoms with Crippen molar-refractivity contribution in [2.45, 2.75) is 46.3 Å². The van der Waals surface area contributed by atoms with Crippen LogP contribution in [-0.4, -0.2) is 48.6 Å². The van der Waals surface area contributed by atoms with Gasteiger partial charge < -0.3 is 4.74 Å². The Morgan fingerprint density at radius 2 is 1.56 bits per heavy atom. The molecule has 0 aliphatic carbocycles. The molecule has 146 valence electrons. The first-order chi connectivity index (χ1) is 13.2. The number of benzene rings is 2. The highest BCUT2D eigenvalue weighted by atomic mass is 16.5. The fraction of sp³-hybridized carbons (Fsp3) is 0.500. The number of ether oxygens (including phenoxy) is 1. The van der Waals surface area contributed by atoms with E-state index in [2.05, 4.69) is 79.1 Å². The lowest BCUT2D eigenvalue weighted by Gasteiger charge is -2.36. The van der Waals surface area contributed by atoms with Gasteiger partial charge >= 0.3 is 0 Å². The van der Waals surface area contributed by atoms with Gasteiger partial charge in [-0.15, -0.1) is 0 Å². The standard InChI is InChI=1S/C24H34N2O/c1-4-21-11-12-24(23(5-2)17-21)27-20(3)18-25-13-15-26(16-14-25)19-22-9-7-6-8-10-22/h6-12,17,20H,4-5,13-16,18-19H2,1-3H3. The first kappa shape index (κ1) is 19.9. The molecule has 1 fully saturated rings. The summed E-state index contributed by atoms with van der Waals surface area (Å²) < 4.78 is 6.31. The van der Waals surface area contributed by atoms with E-state index >= 15 is 0 Å². The fourth-order valence-electron chi connectivity index (χ4n) is 3.83. The first-order valence-corrected chi connectivity index (χ1v) is 10.4. The molecule has 0 saturated carbocycles. The molecule has 0 aromatic heterocycles. The maximum Gasteiger partial charge on any atom is 0.122 e. The van der Waals surface area contributed by atoms with Gasteiger partial charge in [-0.05, 0) is 42.5 Å². The normalized spacial score (nSPS) is 17.0. The van der Waals surface area contributed by atoms with Crippen molar-refractivity contribution in [2.24, 2.45) is 0 Å². The van der Waals surface area contributed by atoms with Crippen LogP contribution in [0, 0.1) is 0 Å². The van der Waals surface area contributed by atoms with E-state index in [1.807, 2.05) is 0 Å². The minimum atomic E-state index is 0.212. The van der Waals surface area contributed by atoms with E-state index < -0.39 is 0 Å². The molecular weight excluding hydrogens is 332 g/mol. The van der Waals surface area contributed by atoms with Gasteiger partial charge in [0.25, 0.3) is 0 Å². The number of hydrogen-bond acceptors (Lipinski definition) is 3. The summed E-state index contributed by atoms with van der Waals surface area (Å²) in [6.45, 7) is 13.2. The van der Waals surface area contributed by atoms with Crippen molar-refractivity contribution in [3.63, 3.8) is 0 Å². The molecule has 0 bridgehead atoms. The van der Waals surface area contributed by atoms with Crippen LogP contribution in [0.25, 0.3) is 0 Å². The lowest BCUT2D eigenvalue weighted by molar-refractivity contribution is 0.0870. The zero-order valence-electron chi connectivity index (χ0n) is 17.2. The molecular formula is C24H34N2O. The largest absolute Gasteiger partial charge is 0.489 e. The summed E-state index contributed by atoms with van der Waals surface area (Å²) in [5.74, 6) is 1.06. The van der Waals surface area contributed by atoms with Crippen LogP contribution in [0.3, 0.4) is 0 Å². The van der Waals surface area contributed by atoms with Crippen LogP contribution < -0.4 is 4.74 Å². The summed E-state index contributed by atoms with van der Waals surface area (Å²) in [6.07, 6.45) is 2.31. The summed E-state index contributed by atoms with van der Waals surface area (Å²) in [6, 6.07) is 17.4. The SMILES string of the molecule is CCc1ccc(OC(C)CN2CCN(Cc3ccccc3)CC2)c(CC)c1. The molecule has 3 heteroatoms. The summed E-state index contributed by atoms with van der Waals surface area (Å²) >= 11 is 0. The summed E-state index contributed by atoms with van der Waals surface area (Å²) in [4.78, 5) is 5.09. The third-order valence-electron chi connectivity index (χ3n) is 5.47. The molecule has 27 heavy (non-hydrogen) atoms. The summed E-state index contributed by atoms with van der Waals surface area (Å²) in [5, 5.41) is 0. The van der Waals surface area contributed by atoms with Crippen molar-refractivity contribution < 1.29 is 4.74 Å². The Bertz CT molecular complexity index is 693. The van der Waals surface area contributed by atoms with E-state index in [-0.39, 0.29) is 6.10 Å². The molecule has 1 heterocycles. The molecule has 1 aliphatic heterocycles. The van der Waals surface area contributed by atoms with Crippen molar-refractivity contribution in [3.8, 4) is 5.75 Å². The average Bonchev–Trinajstić information content (AvgIpc) is 2.70. The molecule has 1 saturated heterocycles. The monoisotopic (exact) mass is 366 g/mol. The van der Waals surface area contributed by atoms with E-state index in [1.54, 1.807) is 0 Å². The Morgan fingerprint density at radius 1 is 0.852 bits per heavy atom. The lowest BCUT2D eigenvalue weighted by Crippen LogP contribution is -2.48. The highest BCUT2D eigenvalue weighted by molar-refractivity contribution is 5.37. The fourth-order valence-corrected chi connectivity index (χ4v) is 3.83. The Morgan fingerprint density at radius 3 is 2.22 bits per heavy atom. The molecule has 2 aromatic rings. The maximum absolute atomic E-state index is 6.31. The quantitative estimate of drug-likeness (QED) is 0.689. The van der Waals surface area contributed by atoms with Crippen molar-refractivity contribution in [1.82, 2.24) is 9.80 Å². The lowest BCUT2D eigenvalue weighted by atomic mass is 10.1. The zero-order valence-corrected chi connectivity index (χ0v) is 17.2. The van der Waals surface area contributed by atoms with Crippen LogP contribution in [-0.2, 0) is 19.4 Å². The van der Waals surface area contributed by atoms with Crippen LogP contribution in [0.1, 0.15) is 37.5 Å². The van der Waals surface area contributed by atoms with E-state index in [0.717, 1.165) is 57.9 Å². The summed E-state index contributed by atoms with van der Waals surface area (Å²) in [7, 11) is 0. The van der Waals surface area contributed by atoms with Crippen molar-refractivity contribution in [2.75, 3.05) is 32.7 Å². The predicted molar refractivity (Wildman–Crippen MR) is 113 cm³/mol. The Labute approximate surface area is 164 Å². The average molecular weight is 367 g/mol. The van der Waals surface area contributed by atoms with Gasteiger partial charge in [0, 0.05) is 39.3 Å². The molecule has 1 atom stereocenters. The van der Waals surface area contributed by atoms with Gasteiger partial charge in [-0.25, -0.2) is 0 Å². The molecule has 0 N–H and O–H groups in total. The minimum Gasteiger partial charge on any atom is -0.489 e. The highest BCUT2D eigenvalue weighted by Gasteiger charge is 2.19. The third-order valence-corrected chi connectivity index (χ3v) is 5.47. The van der Waals surface area contributed by atoms with E-state index in [0.29, 0.717) is 0 Å². The number of piperazine rings is 1. The number of aryl methyl sites for hydroxylation is 2. The Hall–Kier alpha value is -1.84. The molecule has 3 nitrogen and oxygen atoms in total. The van der Waals surface area contributed by atoms with Crippen molar-refractivity contribution >= 4 is 0 Å². The van der Waals surface area contributed by atoms with Gasteiger partial charge in [-0.3, -0.25) is 9.80 Å². The van der Waals surface area contributed by atoms with Crippen LogP contribution in [0.5, 0.6) is 5.75 Å². The second kappa shape index (κ2) is 9.91. The van der Waals surface area contributed by atoms with Gasteiger partial charge in [0.05, 0.1) is 0 Å². The molecule has 1 unspecified atom stereocenters. The third kappa shape index (κ3) is 5.82. The minimum absolute atomic E-state index is 0.212. The second-order valence-electron chi connectivity index (χ2n) is 7.64. The number of nitrogens with zero attached hydrogens (tertiary/aromatic N) is 2. The van der Waals surface area contributed by atoms with Gasteiger partial charge in [0.1, 0.15) is 11.9 Å². The molecule has 2 aromatic carbocycles. The highest BCUT2D eigenvalue weighted by Crippen LogP contribution is 2.23. The molecule has 0 radical (unpaired) electrons. The van der Waals surface area contributed by atoms with Crippen LogP contribution in [0.15, 0.2) is 48.5 Å². The summed E-state index contributed by atoms with van der Waals surface area (Å²) in [5.41, 5.74) is 4.13. The van der Waals surface area contributed by atoms with E-state index in [1.165, 1.54) is 16.7 Å². The smallest absolute Gasteiger partial charge is 0.122 e. The van der Waals surface area contributed by atoms with Gasteiger partial charge in [0.15, 0.2) is 0 Å². The molecule has 0 amide bonds. The van der Waals surface area contributed by atoms with Gasteiger partial charge in [0.2, 0.25) is 0 Å². The van der Waals surface area contributed by atoms with Gasteiger partial charge in [-0.1, -0.05) is 56.3 Å². The second-order valence-corrected chi connectivity index (χ2v) is 7.64. The molecule has 1 aliphatic rings. The van der Waals surface area contributed by atoms with Crippen LogP contribution >= 0.6 is 0 Å². The Balaban J connectivity index is 1.46. The van der Waals surface area contributed by atoms with Crippen LogP contribution in [0.4, 0.5) is 0 Å². The maximum atomic E-state index is 6.31.